The molecular weight excluding hydrogens is 386 g/mol. The van der Waals surface area contributed by atoms with Gasteiger partial charge in [-0.05, 0) is 40.5 Å². The number of alkyl carbamates (subject to hydrolysis) is 1. The van der Waals surface area contributed by atoms with Crippen LogP contribution in [0.1, 0.15) is 39.3 Å². The topological polar surface area (TPSA) is 106 Å². The standard InChI is InChI=1S/C20H31N7O3/c1-13-10-16(25-26(13)5)22-15-11-17(23-24-18(15)29-6)27-9-7-8-14(12-27)21-19(28)30-20(2,3)4/h10-11,14H,7-9,12H2,1-6H3,(H,21,28)(H,22,23,25). The van der Waals surface area contributed by atoms with Gasteiger partial charge < -0.3 is 25.0 Å². The Kier molecular flexibility index (Phi) is 6.33. The molecule has 3 heterocycles. The van der Waals surface area contributed by atoms with Gasteiger partial charge in [-0.2, -0.15) is 5.10 Å². The highest BCUT2D eigenvalue weighted by atomic mass is 16.6. The quantitative estimate of drug-likeness (QED) is 0.765. The van der Waals surface area contributed by atoms with Crippen LogP contribution in [-0.2, 0) is 11.8 Å². The van der Waals surface area contributed by atoms with Crippen molar-refractivity contribution in [1.82, 2.24) is 25.3 Å². The molecule has 0 bridgehead atoms. The maximum absolute atomic E-state index is 12.1. The summed E-state index contributed by atoms with van der Waals surface area (Å²) in [7, 11) is 3.44. The summed E-state index contributed by atoms with van der Waals surface area (Å²) in [5, 5.41) is 19.2. The average Bonchev–Trinajstić information content (AvgIpc) is 2.97. The fraction of sp³-hybridized carbons (Fsp3) is 0.600. The van der Waals surface area contributed by atoms with Gasteiger partial charge in [-0.15, -0.1) is 10.2 Å². The molecule has 0 saturated carbocycles. The third kappa shape index (κ3) is 5.52. The van der Waals surface area contributed by atoms with Crippen LogP contribution in [0.2, 0.25) is 0 Å². The molecule has 2 aromatic rings. The van der Waals surface area contributed by atoms with Gasteiger partial charge in [-0.25, -0.2) is 4.79 Å². The van der Waals surface area contributed by atoms with Crippen molar-refractivity contribution >= 4 is 23.4 Å². The Balaban J connectivity index is 1.72. The lowest BCUT2D eigenvalue weighted by molar-refractivity contribution is 0.0500. The number of ether oxygens (including phenoxy) is 2. The fourth-order valence-corrected chi connectivity index (χ4v) is 3.30. The van der Waals surface area contributed by atoms with Crippen molar-refractivity contribution in [2.45, 2.75) is 52.2 Å². The second kappa shape index (κ2) is 8.76. The molecule has 1 aliphatic heterocycles. The van der Waals surface area contributed by atoms with Gasteiger partial charge in [-0.3, -0.25) is 4.68 Å². The minimum Gasteiger partial charge on any atom is -0.478 e. The lowest BCUT2D eigenvalue weighted by atomic mass is 10.1. The molecule has 30 heavy (non-hydrogen) atoms. The van der Waals surface area contributed by atoms with E-state index in [9.17, 15) is 4.79 Å². The molecule has 10 nitrogen and oxygen atoms in total. The van der Waals surface area contributed by atoms with E-state index in [2.05, 4.69) is 30.8 Å². The number of hydrogen-bond donors (Lipinski definition) is 2. The summed E-state index contributed by atoms with van der Waals surface area (Å²) < 4.78 is 12.5. The van der Waals surface area contributed by atoms with Crippen molar-refractivity contribution in [3.05, 3.63) is 17.8 Å². The number of nitrogens with zero attached hydrogens (tertiary/aromatic N) is 5. The Bertz CT molecular complexity index is 872. The molecule has 2 N–H and O–H groups in total. The van der Waals surface area contributed by atoms with Crippen LogP contribution in [-0.4, -0.2) is 57.9 Å². The van der Waals surface area contributed by atoms with Crippen LogP contribution in [0.4, 0.5) is 22.1 Å². The molecule has 1 fully saturated rings. The first-order chi connectivity index (χ1) is 14.1. The van der Waals surface area contributed by atoms with E-state index in [-0.39, 0.29) is 6.04 Å². The first kappa shape index (κ1) is 21.7. The minimum atomic E-state index is -0.524. The van der Waals surface area contributed by atoms with Crippen molar-refractivity contribution in [2.24, 2.45) is 7.05 Å². The smallest absolute Gasteiger partial charge is 0.407 e. The number of aromatic nitrogens is 4. The number of nitrogens with one attached hydrogen (secondary N) is 2. The summed E-state index contributed by atoms with van der Waals surface area (Å²) in [5.74, 6) is 1.81. The van der Waals surface area contributed by atoms with Crippen LogP contribution in [0.3, 0.4) is 0 Å². The molecule has 0 spiro atoms. The van der Waals surface area contributed by atoms with Crippen LogP contribution in [0.5, 0.6) is 5.88 Å². The first-order valence-electron chi connectivity index (χ1n) is 10.1. The molecule has 1 aliphatic rings. The Labute approximate surface area is 176 Å². The van der Waals surface area contributed by atoms with Crippen LogP contribution in [0, 0.1) is 6.92 Å². The third-order valence-electron chi connectivity index (χ3n) is 4.78. The summed E-state index contributed by atoms with van der Waals surface area (Å²) >= 11 is 0. The van der Waals surface area contributed by atoms with Gasteiger partial charge in [0.1, 0.15) is 11.3 Å². The third-order valence-corrected chi connectivity index (χ3v) is 4.78. The van der Waals surface area contributed by atoms with Gasteiger partial charge in [0.2, 0.25) is 0 Å². The lowest BCUT2D eigenvalue weighted by Crippen LogP contribution is -2.49. The zero-order valence-corrected chi connectivity index (χ0v) is 18.5. The van der Waals surface area contributed by atoms with E-state index in [1.165, 1.54) is 0 Å². The van der Waals surface area contributed by atoms with Crippen LogP contribution < -0.4 is 20.3 Å². The number of piperidine rings is 1. The molecule has 164 valence electrons. The van der Waals surface area contributed by atoms with Crippen molar-refractivity contribution in [1.29, 1.82) is 0 Å². The van der Waals surface area contributed by atoms with Crippen molar-refractivity contribution < 1.29 is 14.3 Å². The van der Waals surface area contributed by atoms with Gasteiger partial charge in [0.25, 0.3) is 5.88 Å². The molecule has 3 rings (SSSR count). The zero-order chi connectivity index (χ0) is 21.9. The monoisotopic (exact) mass is 417 g/mol. The van der Waals surface area contributed by atoms with Gasteiger partial charge in [0.05, 0.1) is 7.11 Å². The normalized spacial score (nSPS) is 16.9. The van der Waals surface area contributed by atoms with Crippen LogP contribution in [0.25, 0.3) is 0 Å². The number of methoxy groups -OCH3 is 1. The van der Waals surface area contributed by atoms with E-state index < -0.39 is 11.7 Å². The van der Waals surface area contributed by atoms with E-state index in [1.54, 1.807) is 11.8 Å². The average molecular weight is 418 g/mol. The Morgan fingerprint density at radius 2 is 2.03 bits per heavy atom. The number of carbonyl (C=O) groups is 1. The summed E-state index contributed by atoms with van der Waals surface area (Å²) in [4.78, 5) is 14.2. The van der Waals surface area contributed by atoms with Gasteiger partial charge in [-0.1, -0.05) is 0 Å². The van der Waals surface area contributed by atoms with Crippen molar-refractivity contribution in [3.63, 3.8) is 0 Å². The Morgan fingerprint density at radius 3 is 2.67 bits per heavy atom. The molecule has 1 amide bonds. The van der Waals surface area contributed by atoms with Gasteiger partial charge in [0.15, 0.2) is 11.6 Å². The predicted octanol–water partition coefficient (Wildman–Crippen LogP) is 2.76. The number of anilines is 3. The lowest BCUT2D eigenvalue weighted by Gasteiger charge is -2.34. The van der Waals surface area contributed by atoms with Crippen LogP contribution >= 0.6 is 0 Å². The summed E-state index contributed by atoms with van der Waals surface area (Å²) in [6.07, 6.45) is 1.41. The molecule has 1 saturated heterocycles. The molecule has 0 radical (unpaired) electrons. The molecular formula is C20H31N7O3. The highest BCUT2D eigenvalue weighted by Crippen LogP contribution is 2.29. The molecule has 10 heteroatoms. The largest absolute Gasteiger partial charge is 0.478 e. The number of rotatable bonds is 5. The number of carbonyl (C=O) groups excluding carboxylic acids is 1. The maximum atomic E-state index is 12.1. The fourth-order valence-electron chi connectivity index (χ4n) is 3.30. The Hall–Kier alpha value is -3.04. The minimum absolute atomic E-state index is 0.0210. The van der Waals surface area contributed by atoms with Gasteiger partial charge >= 0.3 is 6.09 Å². The molecule has 0 aromatic carbocycles. The summed E-state index contributed by atoms with van der Waals surface area (Å²) in [6, 6.07) is 3.82. The molecule has 0 aliphatic carbocycles. The molecule has 2 aromatic heterocycles. The zero-order valence-electron chi connectivity index (χ0n) is 18.5. The number of aryl methyl sites for hydroxylation is 2. The highest BCUT2D eigenvalue weighted by molar-refractivity contribution is 5.68. The van der Waals surface area contributed by atoms with E-state index >= 15 is 0 Å². The van der Waals surface area contributed by atoms with E-state index in [4.69, 9.17) is 9.47 Å². The number of amides is 1. The van der Waals surface area contributed by atoms with E-state index in [0.29, 0.717) is 29.7 Å². The Morgan fingerprint density at radius 1 is 1.27 bits per heavy atom. The molecule has 1 unspecified atom stereocenters. The van der Waals surface area contributed by atoms with Crippen molar-refractivity contribution in [2.75, 3.05) is 30.4 Å². The maximum Gasteiger partial charge on any atom is 0.407 e. The van der Waals surface area contributed by atoms with E-state index in [1.807, 2.05) is 46.9 Å². The SMILES string of the molecule is COc1nnc(N2CCCC(NC(=O)OC(C)(C)C)C2)cc1Nc1cc(C)n(C)n1. The highest BCUT2D eigenvalue weighted by Gasteiger charge is 2.25. The second-order valence-electron chi connectivity index (χ2n) is 8.48. The van der Waals surface area contributed by atoms with E-state index in [0.717, 1.165) is 25.1 Å². The first-order valence-corrected chi connectivity index (χ1v) is 10.1. The summed E-state index contributed by atoms with van der Waals surface area (Å²) in [6.45, 7) is 8.99. The predicted molar refractivity (Wildman–Crippen MR) is 114 cm³/mol. The van der Waals surface area contributed by atoms with Crippen molar-refractivity contribution in [3.8, 4) is 5.88 Å². The second-order valence-corrected chi connectivity index (χ2v) is 8.48. The number of hydrogen-bond acceptors (Lipinski definition) is 8. The van der Waals surface area contributed by atoms with Gasteiger partial charge in [0, 0.05) is 44.0 Å². The van der Waals surface area contributed by atoms with Crippen LogP contribution in [0.15, 0.2) is 12.1 Å². The molecule has 1 atom stereocenters. The summed E-state index contributed by atoms with van der Waals surface area (Å²) in [5.41, 5.74) is 1.19.